The van der Waals surface area contributed by atoms with E-state index in [4.69, 9.17) is 15.2 Å². The maximum atomic E-state index is 12.4. The topological polar surface area (TPSA) is 93.9 Å². The van der Waals surface area contributed by atoms with E-state index in [-0.39, 0.29) is 19.2 Å². The number of nitrogens with one attached hydrogen (secondary N) is 1. The molecular weight excluding hydrogens is 346 g/mol. The molecule has 2 heterocycles. The summed E-state index contributed by atoms with van der Waals surface area (Å²) in [5.41, 5.74) is 8.72. The molecule has 0 aromatic heterocycles. The number of carbonyl (C=O) groups is 2. The van der Waals surface area contributed by atoms with Crippen LogP contribution in [0.3, 0.4) is 0 Å². The molecule has 0 bridgehead atoms. The minimum atomic E-state index is -0.476. The van der Waals surface area contributed by atoms with Crippen LogP contribution in [0.25, 0.3) is 0 Å². The van der Waals surface area contributed by atoms with Gasteiger partial charge in [0.25, 0.3) is 0 Å². The Bertz CT molecular complexity index is 883. The largest absolute Gasteiger partial charge is 0.454 e. The monoisotopic (exact) mass is 367 g/mol. The molecule has 0 fully saturated rings. The predicted octanol–water partition coefficient (Wildman–Crippen LogP) is 0.944. The van der Waals surface area contributed by atoms with Crippen LogP contribution in [0.5, 0.6) is 11.5 Å². The molecule has 0 saturated heterocycles. The van der Waals surface area contributed by atoms with Gasteiger partial charge in [0.05, 0.1) is 12.6 Å². The van der Waals surface area contributed by atoms with Crippen molar-refractivity contribution in [3.63, 3.8) is 0 Å². The molecular formula is C20H21N3O4. The second kappa shape index (κ2) is 7.28. The van der Waals surface area contributed by atoms with Crippen molar-refractivity contribution in [2.45, 2.75) is 25.6 Å². The molecule has 2 aromatic rings. The molecule has 2 aliphatic rings. The number of amides is 2. The first-order valence-electron chi connectivity index (χ1n) is 8.85. The molecule has 2 amide bonds. The zero-order chi connectivity index (χ0) is 18.8. The standard InChI is InChI=1S/C20H21N3O4/c21-20(25)16-8-14-3-1-2-4-15(14)10-23(16)11-19(24)22-9-13-5-6-17-18(7-13)27-12-26-17/h1-7,16H,8-12H2,(H2,21,25)(H,22,24). The summed E-state index contributed by atoms with van der Waals surface area (Å²) in [5, 5.41) is 2.89. The molecule has 0 spiro atoms. The van der Waals surface area contributed by atoms with Crippen molar-refractivity contribution < 1.29 is 19.1 Å². The maximum absolute atomic E-state index is 12.4. The average molecular weight is 367 g/mol. The first kappa shape index (κ1) is 17.4. The highest BCUT2D eigenvalue weighted by atomic mass is 16.7. The van der Waals surface area contributed by atoms with Crippen LogP contribution in [0.4, 0.5) is 0 Å². The van der Waals surface area contributed by atoms with Gasteiger partial charge in [-0.1, -0.05) is 30.3 Å². The lowest BCUT2D eigenvalue weighted by atomic mass is 9.93. The van der Waals surface area contributed by atoms with Gasteiger partial charge < -0.3 is 20.5 Å². The number of hydrogen-bond acceptors (Lipinski definition) is 5. The quantitative estimate of drug-likeness (QED) is 0.820. The molecule has 0 aliphatic carbocycles. The summed E-state index contributed by atoms with van der Waals surface area (Å²) < 4.78 is 10.6. The zero-order valence-electron chi connectivity index (χ0n) is 14.8. The Morgan fingerprint density at radius 2 is 1.89 bits per heavy atom. The SMILES string of the molecule is NC(=O)C1Cc2ccccc2CN1CC(=O)NCc1ccc2c(c1)OCO2. The van der Waals surface area contributed by atoms with Crippen LogP contribution in [0.2, 0.25) is 0 Å². The summed E-state index contributed by atoms with van der Waals surface area (Å²) in [6.07, 6.45) is 0.529. The lowest BCUT2D eigenvalue weighted by Crippen LogP contribution is -2.51. The van der Waals surface area contributed by atoms with E-state index in [9.17, 15) is 9.59 Å². The number of nitrogens with zero attached hydrogens (tertiary/aromatic N) is 1. The second-order valence-corrected chi connectivity index (χ2v) is 6.76. The molecule has 140 valence electrons. The minimum Gasteiger partial charge on any atom is -0.454 e. The molecule has 1 atom stereocenters. The number of ether oxygens (including phenoxy) is 2. The summed E-state index contributed by atoms with van der Waals surface area (Å²) in [5.74, 6) is 0.830. The van der Waals surface area contributed by atoms with Crippen LogP contribution in [0, 0.1) is 0 Å². The summed E-state index contributed by atoms with van der Waals surface area (Å²) in [6.45, 7) is 1.24. The van der Waals surface area contributed by atoms with Crippen molar-refractivity contribution >= 4 is 11.8 Å². The summed E-state index contributed by atoms with van der Waals surface area (Å²) in [4.78, 5) is 26.1. The Kier molecular flexibility index (Phi) is 4.68. The van der Waals surface area contributed by atoms with E-state index < -0.39 is 11.9 Å². The molecule has 3 N–H and O–H groups in total. The normalized spacial score (nSPS) is 18.0. The molecule has 1 unspecified atom stereocenters. The summed E-state index contributed by atoms with van der Waals surface area (Å²) in [7, 11) is 0. The van der Waals surface area contributed by atoms with E-state index in [1.165, 1.54) is 0 Å². The molecule has 4 rings (SSSR count). The Labute approximate surface area is 157 Å². The lowest BCUT2D eigenvalue weighted by Gasteiger charge is -2.34. The minimum absolute atomic E-state index is 0.118. The number of fused-ring (bicyclic) bond motifs is 2. The van der Waals surface area contributed by atoms with Gasteiger partial charge in [-0.2, -0.15) is 0 Å². The molecule has 2 aliphatic heterocycles. The predicted molar refractivity (Wildman–Crippen MR) is 98.0 cm³/mol. The number of carbonyl (C=O) groups excluding carboxylic acids is 2. The highest BCUT2D eigenvalue weighted by Crippen LogP contribution is 2.32. The van der Waals surface area contributed by atoms with Gasteiger partial charge >= 0.3 is 0 Å². The van der Waals surface area contributed by atoms with Gasteiger partial charge in [-0.15, -0.1) is 0 Å². The highest BCUT2D eigenvalue weighted by molar-refractivity contribution is 5.83. The van der Waals surface area contributed by atoms with Crippen molar-refractivity contribution in [2.24, 2.45) is 5.73 Å². The molecule has 0 saturated carbocycles. The number of hydrogen-bond donors (Lipinski definition) is 2. The summed E-state index contributed by atoms with van der Waals surface area (Å²) in [6, 6.07) is 13.0. The van der Waals surface area contributed by atoms with Gasteiger partial charge in [0, 0.05) is 13.1 Å². The van der Waals surface area contributed by atoms with Crippen molar-refractivity contribution in [1.82, 2.24) is 10.2 Å². The van der Waals surface area contributed by atoms with E-state index in [2.05, 4.69) is 5.32 Å². The van der Waals surface area contributed by atoms with Crippen LogP contribution < -0.4 is 20.5 Å². The van der Waals surface area contributed by atoms with E-state index in [0.717, 1.165) is 16.7 Å². The van der Waals surface area contributed by atoms with Crippen LogP contribution in [-0.2, 0) is 29.1 Å². The average Bonchev–Trinajstić information content (AvgIpc) is 3.13. The highest BCUT2D eigenvalue weighted by Gasteiger charge is 2.31. The van der Waals surface area contributed by atoms with Gasteiger partial charge in [-0.3, -0.25) is 14.5 Å². The maximum Gasteiger partial charge on any atom is 0.235 e. The fourth-order valence-electron chi connectivity index (χ4n) is 3.52. The van der Waals surface area contributed by atoms with Gasteiger partial charge in [0.15, 0.2) is 11.5 Å². The first-order chi connectivity index (χ1) is 13.1. The Morgan fingerprint density at radius 1 is 1.11 bits per heavy atom. The smallest absolute Gasteiger partial charge is 0.235 e. The third-order valence-electron chi connectivity index (χ3n) is 4.95. The van der Waals surface area contributed by atoms with Crippen molar-refractivity contribution in [2.75, 3.05) is 13.3 Å². The van der Waals surface area contributed by atoms with E-state index >= 15 is 0 Å². The van der Waals surface area contributed by atoms with E-state index in [0.29, 0.717) is 31.0 Å². The fourth-order valence-corrected chi connectivity index (χ4v) is 3.52. The zero-order valence-corrected chi connectivity index (χ0v) is 14.8. The molecule has 7 heteroatoms. The number of primary amides is 1. The van der Waals surface area contributed by atoms with E-state index in [1.807, 2.05) is 47.4 Å². The van der Waals surface area contributed by atoms with Gasteiger partial charge in [0.1, 0.15) is 0 Å². The molecule has 7 nitrogen and oxygen atoms in total. The summed E-state index contributed by atoms with van der Waals surface area (Å²) >= 11 is 0. The van der Waals surface area contributed by atoms with Crippen LogP contribution in [0.15, 0.2) is 42.5 Å². The molecule has 27 heavy (non-hydrogen) atoms. The fraction of sp³-hybridized carbons (Fsp3) is 0.300. The van der Waals surface area contributed by atoms with Crippen molar-refractivity contribution in [3.8, 4) is 11.5 Å². The lowest BCUT2D eigenvalue weighted by molar-refractivity contribution is -0.127. The van der Waals surface area contributed by atoms with Gasteiger partial charge in [0.2, 0.25) is 18.6 Å². The number of nitrogens with two attached hydrogens (primary N) is 1. The Hall–Kier alpha value is -3.06. The van der Waals surface area contributed by atoms with Crippen LogP contribution in [-0.4, -0.2) is 36.1 Å². The van der Waals surface area contributed by atoms with Crippen LogP contribution in [0.1, 0.15) is 16.7 Å². The molecule has 2 aromatic carbocycles. The first-order valence-corrected chi connectivity index (χ1v) is 8.85. The van der Waals surface area contributed by atoms with Gasteiger partial charge in [-0.05, 0) is 35.2 Å². The van der Waals surface area contributed by atoms with Crippen molar-refractivity contribution in [1.29, 1.82) is 0 Å². The Morgan fingerprint density at radius 3 is 2.70 bits per heavy atom. The number of rotatable bonds is 5. The van der Waals surface area contributed by atoms with Gasteiger partial charge in [-0.25, -0.2) is 0 Å². The number of benzene rings is 2. The third-order valence-corrected chi connectivity index (χ3v) is 4.95. The molecule has 0 radical (unpaired) electrons. The Balaban J connectivity index is 1.38. The van der Waals surface area contributed by atoms with Crippen LogP contribution >= 0.6 is 0 Å². The van der Waals surface area contributed by atoms with E-state index in [1.54, 1.807) is 0 Å². The van der Waals surface area contributed by atoms with Crippen molar-refractivity contribution in [3.05, 3.63) is 59.2 Å². The third kappa shape index (κ3) is 3.73. The second-order valence-electron chi connectivity index (χ2n) is 6.76.